The number of nitrogens with two attached hydrogens (primary N) is 1. The van der Waals surface area contributed by atoms with Gasteiger partial charge < -0.3 is 5.73 Å². The van der Waals surface area contributed by atoms with Crippen molar-refractivity contribution < 1.29 is 8.42 Å². The van der Waals surface area contributed by atoms with Gasteiger partial charge in [-0.05, 0) is 48.7 Å². The minimum absolute atomic E-state index is 0.185. The Kier molecular flexibility index (Phi) is 4.11. The van der Waals surface area contributed by atoms with Crippen molar-refractivity contribution in [3.63, 3.8) is 0 Å². The van der Waals surface area contributed by atoms with E-state index >= 15 is 0 Å². The standard InChI is InChI=1S/C15H18N2O2S/c1-11-7-8-14(9-12(11)2)17-20(18,19)15-6-4-3-5-13(15)10-16/h3-9,17H,10,16H2,1-2H3. The summed E-state index contributed by atoms with van der Waals surface area (Å²) in [5.74, 6) is 0. The summed E-state index contributed by atoms with van der Waals surface area (Å²) < 4.78 is 27.4. The van der Waals surface area contributed by atoms with Crippen LogP contribution in [0.3, 0.4) is 0 Å². The van der Waals surface area contributed by atoms with Crippen LogP contribution in [-0.2, 0) is 16.6 Å². The van der Waals surface area contributed by atoms with Gasteiger partial charge in [-0.1, -0.05) is 24.3 Å². The van der Waals surface area contributed by atoms with Crippen LogP contribution in [0.25, 0.3) is 0 Å². The Morgan fingerprint density at radius 2 is 1.75 bits per heavy atom. The summed E-state index contributed by atoms with van der Waals surface area (Å²) in [5.41, 5.74) is 8.91. The Morgan fingerprint density at radius 1 is 1.05 bits per heavy atom. The molecule has 0 heterocycles. The van der Waals surface area contributed by atoms with Gasteiger partial charge in [0.25, 0.3) is 10.0 Å². The van der Waals surface area contributed by atoms with E-state index in [2.05, 4.69) is 4.72 Å². The molecule has 20 heavy (non-hydrogen) atoms. The van der Waals surface area contributed by atoms with Gasteiger partial charge in [0.1, 0.15) is 0 Å². The lowest BCUT2D eigenvalue weighted by atomic mass is 10.1. The second kappa shape index (κ2) is 5.64. The van der Waals surface area contributed by atoms with Gasteiger partial charge >= 0.3 is 0 Å². The minimum atomic E-state index is -3.62. The maximum atomic E-state index is 12.4. The second-order valence-corrected chi connectivity index (χ2v) is 6.37. The highest BCUT2D eigenvalue weighted by atomic mass is 32.2. The number of rotatable bonds is 4. The molecule has 0 saturated carbocycles. The van der Waals surface area contributed by atoms with Gasteiger partial charge in [-0.15, -0.1) is 0 Å². The smallest absolute Gasteiger partial charge is 0.262 e. The van der Waals surface area contributed by atoms with E-state index in [0.29, 0.717) is 11.3 Å². The Balaban J connectivity index is 2.38. The summed E-state index contributed by atoms with van der Waals surface area (Å²) in [6.07, 6.45) is 0. The molecule has 0 amide bonds. The van der Waals surface area contributed by atoms with Crippen molar-refractivity contribution in [2.75, 3.05) is 4.72 Å². The van der Waals surface area contributed by atoms with Crippen LogP contribution in [0, 0.1) is 13.8 Å². The molecule has 0 aromatic heterocycles. The Bertz CT molecular complexity index is 724. The molecule has 0 atom stereocenters. The van der Waals surface area contributed by atoms with Crippen LogP contribution in [0.1, 0.15) is 16.7 Å². The van der Waals surface area contributed by atoms with Crippen molar-refractivity contribution in [1.82, 2.24) is 0 Å². The fraction of sp³-hybridized carbons (Fsp3) is 0.200. The van der Waals surface area contributed by atoms with Crippen molar-refractivity contribution in [3.8, 4) is 0 Å². The van der Waals surface area contributed by atoms with E-state index in [1.54, 1.807) is 30.3 Å². The minimum Gasteiger partial charge on any atom is -0.326 e. The normalized spacial score (nSPS) is 11.3. The van der Waals surface area contributed by atoms with E-state index in [1.165, 1.54) is 0 Å². The number of nitrogens with one attached hydrogen (secondary N) is 1. The molecule has 0 spiro atoms. The molecule has 0 aliphatic rings. The van der Waals surface area contributed by atoms with Crippen LogP contribution < -0.4 is 10.5 Å². The van der Waals surface area contributed by atoms with Crippen LogP contribution in [0.15, 0.2) is 47.4 Å². The quantitative estimate of drug-likeness (QED) is 0.909. The van der Waals surface area contributed by atoms with Crippen LogP contribution in [-0.4, -0.2) is 8.42 Å². The zero-order chi connectivity index (χ0) is 14.8. The molecule has 0 fully saturated rings. The Labute approximate surface area is 119 Å². The van der Waals surface area contributed by atoms with E-state index in [9.17, 15) is 8.42 Å². The third-order valence-electron chi connectivity index (χ3n) is 3.24. The van der Waals surface area contributed by atoms with Gasteiger partial charge in [0.2, 0.25) is 0 Å². The topological polar surface area (TPSA) is 72.2 Å². The molecular formula is C15H18N2O2S. The lowest BCUT2D eigenvalue weighted by Gasteiger charge is -2.12. The molecule has 3 N–H and O–H groups in total. The number of hydrogen-bond acceptors (Lipinski definition) is 3. The first kappa shape index (κ1) is 14.6. The fourth-order valence-electron chi connectivity index (χ4n) is 1.95. The molecule has 4 nitrogen and oxygen atoms in total. The van der Waals surface area contributed by atoms with Crippen LogP contribution in [0.4, 0.5) is 5.69 Å². The molecule has 0 unspecified atom stereocenters. The summed E-state index contributed by atoms with van der Waals surface area (Å²) in [6, 6.07) is 12.2. The van der Waals surface area contributed by atoms with Crippen molar-refractivity contribution in [3.05, 3.63) is 59.2 Å². The van der Waals surface area contributed by atoms with E-state index in [1.807, 2.05) is 26.0 Å². The van der Waals surface area contributed by atoms with E-state index < -0.39 is 10.0 Å². The Hall–Kier alpha value is -1.85. The molecule has 0 saturated heterocycles. The summed E-state index contributed by atoms with van der Waals surface area (Å²) in [5, 5.41) is 0. The largest absolute Gasteiger partial charge is 0.326 e. The van der Waals surface area contributed by atoms with E-state index in [0.717, 1.165) is 11.1 Å². The maximum absolute atomic E-state index is 12.4. The average molecular weight is 290 g/mol. The van der Waals surface area contributed by atoms with Crippen LogP contribution in [0.2, 0.25) is 0 Å². The number of anilines is 1. The molecule has 0 aliphatic carbocycles. The predicted molar refractivity (Wildman–Crippen MR) is 81.1 cm³/mol. The van der Waals surface area contributed by atoms with Crippen molar-refractivity contribution in [1.29, 1.82) is 0 Å². The van der Waals surface area contributed by atoms with Gasteiger partial charge in [0.15, 0.2) is 0 Å². The van der Waals surface area contributed by atoms with Crippen molar-refractivity contribution >= 4 is 15.7 Å². The molecule has 5 heteroatoms. The Morgan fingerprint density at radius 3 is 2.40 bits per heavy atom. The van der Waals surface area contributed by atoms with E-state index in [-0.39, 0.29) is 11.4 Å². The monoisotopic (exact) mass is 290 g/mol. The number of benzene rings is 2. The first-order valence-electron chi connectivity index (χ1n) is 6.32. The predicted octanol–water partition coefficient (Wildman–Crippen LogP) is 2.56. The number of hydrogen-bond donors (Lipinski definition) is 2. The fourth-order valence-corrected chi connectivity index (χ4v) is 3.25. The first-order valence-corrected chi connectivity index (χ1v) is 7.80. The van der Waals surface area contributed by atoms with Crippen molar-refractivity contribution in [2.45, 2.75) is 25.3 Å². The third kappa shape index (κ3) is 3.00. The molecule has 0 aliphatic heterocycles. The van der Waals surface area contributed by atoms with E-state index in [4.69, 9.17) is 5.73 Å². The van der Waals surface area contributed by atoms with Crippen LogP contribution >= 0.6 is 0 Å². The number of sulfonamides is 1. The summed E-state index contributed by atoms with van der Waals surface area (Å²) >= 11 is 0. The lowest BCUT2D eigenvalue weighted by Crippen LogP contribution is -2.16. The van der Waals surface area contributed by atoms with Gasteiger partial charge in [0, 0.05) is 12.2 Å². The van der Waals surface area contributed by atoms with Gasteiger partial charge in [-0.3, -0.25) is 4.72 Å². The van der Waals surface area contributed by atoms with Crippen LogP contribution in [0.5, 0.6) is 0 Å². The molecule has 0 bridgehead atoms. The SMILES string of the molecule is Cc1ccc(NS(=O)(=O)c2ccccc2CN)cc1C. The zero-order valence-electron chi connectivity index (χ0n) is 11.6. The maximum Gasteiger partial charge on any atom is 0.262 e. The zero-order valence-corrected chi connectivity index (χ0v) is 12.4. The highest BCUT2D eigenvalue weighted by molar-refractivity contribution is 7.92. The highest BCUT2D eigenvalue weighted by Gasteiger charge is 2.17. The molecule has 2 aromatic rings. The van der Waals surface area contributed by atoms with Crippen molar-refractivity contribution in [2.24, 2.45) is 5.73 Å². The molecule has 106 valence electrons. The molecule has 0 radical (unpaired) electrons. The molecule has 2 rings (SSSR count). The lowest BCUT2D eigenvalue weighted by molar-refractivity contribution is 0.600. The summed E-state index contributed by atoms with van der Waals surface area (Å²) in [4.78, 5) is 0.223. The summed E-state index contributed by atoms with van der Waals surface area (Å²) in [6.45, 7) is 4.11. The molecular weight excluding hydrogens is 272 g/mol. The highest BCUT2D eigenvalue weighted by Crippen LogP contribution is 2.21. The first-order chi connectivity index (χ1) is 9.44. The third-order valence-corrected chi connectivity index (χ3v) is 4.72. The van der Waals surface area contributed by atoms with Gasteiger partial charge in [-0.2, -0.15) is 0 Å². The second-order valence-electron chi connectivity index (χ2n) is 4.72. The van der Waals surface area contributed by atoms with Gasteiger partial charge in [-0.25, -0.2) is 8.42 Å². The number of aryl methyl sites for hydroxylation is 2. The average Bonchev–Trinajstić information content (AvgIpc) is 2.42. The van der Waals surface area contributed by atoms with Gasteiger partial charge in [0.05, 0.1) is 4.90 Å². The summed E-state index contributed by atoms with van der Waals surface area (Å²) in [7, 11) is -3.62. The molecule has 2 aromatic carbocycles.